The summed E-state index contributed by atoms with van der Waals surface area (Å²) in [6, 6.07) is 1.19. The highest BCUT2D eigenvalue weighted by Crippen LogP contribution is 2.27. The van der Waals surface area contributed by atoms with Crippen LogP contribution in [0, 0.1) is 6.92 Å². The SMILES string of the molecule is Cc1c(OS(=O)(=O)O)cc(C=CC=CC=CC=Cc2[nH]cc(Br)c2Br)oc1=O. The summed E-state index contributed by atoms with van der Waals surface area (Å²) in [6.45, 7) is 1.32. The van der Waals surface area contributed by atoms with Crippen molar-refractivity contribution in [1.29, 1.82) is 0 Å². The number of halogens is 2. The Hall–Kier alpha value is -2.14. The number of nitrogens with one attached hydrogen (secondary N) is 1. The van der Waals surface area contributed by atoms with Crippen molar-refractivity contribution < 1.29 is 21.6 Å². The van der Waals surface area contributed by atoms with Gasteiger partial charge in [0.25, 0.3) is 0 Å². The Morgan fingerprint density at radius 3 is 2.29 bits per heavy atom. The van der Waals surface area contributed by atoms with Crippen LogP contribution < -0.4 is 9.81 Å². The van der Waals surface area contributed by atoms with Crippen LogP contribution in [-0.4, -0.2) is 18.0 Å². The van der Waals surface area contributed by atoms with Gasteiger partial charge in [0, 0.05) is 16.7 Å². The molecule has 0 aromatic carbocycles. The zero-order valence-electron chi connectivity index (χ0n) is 14.4. The predicted octanol–water partition coefficient (Wildman–Crippen LogP) is 4.82. The predicted molar refractivity (Wildman–Crippen MR) is 114 cm³/mol. The fourth-order valence-electron chi connectivity index (χ4n) is 1.91. The second-order valence-corrected chi connectivity index (χ2v) is 7.96. The third-order valence-corrected chi connectivity index (χ3v) is 5.64. The maximum Gasteiger partial charge on any atom is 0.446 e. The topological polar surface area (TPSA) is 110 Å². The van der Waals surface area contributed by atoms with Gasteiger partial charge in [-0.1, -0.05) is 36.5 Å². The highest BCUT2D eigenvalue weighted by atomic mass is 79.9. The van der Waals surface area contributed by atoms with Gasteiger partial charge >= 0.3 is 16.0 Å². The summed E-state index contributed by atoms with van der Waals surface area (Å²) in [5.41, 5.74) is 0.0930. The van der Waals surface area contributed by atoms with E-state index < -0.39 is 16.0 Å². The van der Waals surface area contributed by atoms with Crippen LogP contribution in [0.25, 0.3) is 12.2 Å². The molecular weight excluding hydrogens is 518 g/mol. The molecule has 0 atom stereocenters. The lowest BCUT2D eigenvalue weighted by atomic mass is 10.2. The second kappa shape index (κ2) is 9.87. The van der Waals surface area contributed by atoms with Crippen molar-refractivity contribution >= 4 is 54.4 Å². The van der Waals surface area contributed by atoms with Crippen molar-refractivity contribution in [1.82, 2.24) is 4.98 Å². The minimum Gasteiger partial charge on any atom is -0.423 e. The first-order chi connectivity index (χ1) is 13.2. The zero-order valence-corrected chi connectivity index (χ0v) is 18.4. The van der Waals surface area contributed by atoms with E-state index in [1.165, 1.54) is 19.1 Å². The average molecular weight is 533 g/mol. The van der Waals surface area contributed by atoms with Crippen LogP contribution in [-0.2, 0) is 10.4 Å². The molecule has 28 heavy (non-hydrogen) atoms. The molecule has 2 aromatic heterocycles. The van der Waals surface area contributed by atoms with E-state index in [9.17, 15) is 13.2 Å². The van der Waals surface area contributed by atoms with Gasteiger partial charge in [-0.25, -0.2) is 4.79 Å². The third-order valence-electron chi connectivity index (χ3n) is 3.23. The number of aromatic nitrogens is 1. The standard InChI is InChI=1S/C18H15Br2NO6S/c1-12-16(27-28(23,24)25)10-13(26-18(12)22)8-6-4-2-3-5-7-9-15-17(20)14(19)11-21-15/h2-11,21H,1H3,(H,23,24,25). The largest absolute Gasteiger partial charge is 0.446 e. The van der Waals surface area contributed by atoms with E-state index in [0.717, 1.165) is 14.6 Å². The molecule has 0 saturated heterocycles. The summed E-state index contributed by atoms with van der Waals surface area (Å²) in [5, 5.41) is 0. The molecule has 0 amide bonds. The van der Waals surface area contributed by atoms with Crippen molar-refractivity contribution in [2.45, 2.75) is 6.92 Å². The van der Waals surface area contributed by atoms with Crippen molar-refractivity contribution in [3.8, 4) is 5.75 Å². The van der Waals surface area contributed by atoms with E-state index in [1.54, 1.807) is 24.3 Å². The van der Waals surface area contributed by atoms with Crippen LogP contribution in [0.2, 0.25) is 0 Å². The maximum atomic E-state index is 11.7. The Labute approximate surface area is 178 Å². The lowest BCUT2D eigenvalue weighted by Crippen LogP contribution is -2.12. The summed E-state index contributed by atoms with van der Waals surface area (Å²) < 4.78 is 41.6. The van der Waals surface area contributed by atoms with Crippen LogP contribution in [0.1, 0.15) is 17.0 Å². The zero-order chi connectivity index (χ0) is 20.7. The summed E-state index contributed by atoms with van der Waals surface area (Å²) in [5.74, 6) is -0.223. The highest BCUT2D eigenvalue weighted by molar-refractivity contribution is 9.13. The van der Waals surface area contributed by atoms with Crippen molar-refractivity contribution in [3.63, 3.8) is 0 Å². The number of allylic oxidation sites excluding steroid dienone is 6. The molecule has 0 aliphatic heterocycles. The lowest BCUT2D eigenvalue weighted by Gasteiger charge is -2.04. The molecule has 10 heteroatoms. The smallest absolute Gasteiger partial charge is 0.423 e. The summed E-state index contributed by atoms with van der Waals surface area (Å²) in [7, 11) is -4.73. The molecule has 0 bridgehead atoms. The first-order valence-electron chi connectivity index (χ1n) is 7.69. The number of hydrogen-bond acceptors (Lipinski definition) is 5. The average Bonchev–Trinajstić information content (AvgIpc) is 2.92. The van der Waals surface area contributed by atoms with E-state index >= 15 is 0 Å². The van der Waals surface area contributed by atoms with Gasteiger partial charge in [0.2, 0.25) is 0 Å². The number of hydrogen-bond donors (Lipinski definition) is 2. The molecule has 2 rings (SSSR count). The molecule has 7 nitrogen and oxygen atoms in total. The first kappa shape index (κ1) is 22.2. The molecule has 0 unspecified atom stereocenters. The molecule has 0 fully saturated rings. The molecule has 2 aromatic rings. The van der Waals surface area contributed by atoms with Crippen molar-refractivity contribution in [2.24, 2.45) is 0 Å². The minimum absolute atomic E-state index is 0.0687. The number of H-pyrrole nitrogens is 1. The van der Waals surface area contributed by atoms with Crippen LogP contribution in [0.3, 0.4) is 0 Å². The van der Waals surface area contributed by atoms with Crippen LogP contribution in [0.4, 0.5) is 0 Å². The normalized spacial score (nSPS) is 12.9. The van der Waals surface area contributed by atoms with Gasteiger partial charge in [-0.2, -0.15) is 8.42 Å². The quantitative estimate of drug-likeness (QED) is 0.390. The Morgan fingerprint density at radius 2 is 1.71 bits per heavy atom. The monoisotopic (exact) mass is 531 g/mol. The Morgan fingerprint density at radius 1 is 1.11 bits per heavy atom. The fourth-order valence-corrected chi connectivity index (χ4v) is 3.00. The fraction of sp³-hybridized carbons (Fsp3) is 0.0556. The van der Waals surface area contributed by atoms with Crippen LogP contribution in [0.5, 0.6) is 5.75 Å². The Balaban J connectivity index is 2.00. The summed E-state index contributed by atoms with van der Waals surface area (Å²) in [6.07, 6.45) is 15.7. The maximum absolute atomic E-state index is 11.7. The highest BCUT2D eigenvalue weighted by Gasteiger charge is 2.14. The van der Waals surface area contributed by atoms with Gasteiger partial charge in [-0.3, -0.25) is 4.55 Å². The summed E-state index contributed by atoms with van der Waals surface area (Å²) in [4.78, 5) is 14.8. The van der Waals surface area contributed by atoms with E-state index in [1.807, 2.05) is 24.4 Å². The van der Waals surface area contributed by atoms with Gasteiger partial charge < -0.3 is 13.6 Å². The van der Waals surface area contributed by atoms with E-state index in [0.29, 0.717) is 0 Å². The molecule has 2 N–H and O–H groups in total. The number of aromatic amines is 1. The van der Waals surface area contributed by atoms with E-state index in [2.05, 4.69) is 41.0 Å². The molecule has 0 aliphatic rings. The van der Waals surface area contributed by atoms with Gasteiger partial charge in [0.05, 0.1) is 15.7 Å². The van der Waals surface area contributed by atoms with Gasteiger partial charge in [-0.05, 0) is 50.9 Å². The molecule has 0 spiro atoms. The first-order valence-corrected chi connectivity index (χ1v) is 10.6. The van der Waals surface area contributed by atoms with Gasteiger partial charge in [-0.15, -0.1) is 0 Å². The molecule has 0 saturated carbocycles. The van der Waals surface area contributed by atoms with E-state index in [4.69, 9.17) is 8.97 Å². The van der Waals surface area contributed by atoms with Crippen LogP contribution in [0.15, 0.2) is 66.9 Å². The van der Waals surface area contributed by atoms with E-state index in [-0.39, 0.29) is 17.1 Å². The second-order valence-electron chi connectivity index (χ2n) is 5.29. The van der Waals surface area contributed by atoms with Crippen molar-refractivity contribution in [2.75, 3.05) is 0 Å². The van der Waals surface area contributed by atoms with Gasteiger partial charge in [0.15, 0.2) is 5.75 Å². The third kappa shape index (κ3) is 6.79. The molecular formula is C18H15Br2NO6S. The lowest BCUT2D eigenvalue weighted by molar-refractivity contribution is 0.381. The van der Waals surface area contributed by atoms with Crippen LogP contribution >= 0.6 is 31.9 Å². The Kier molecular flexibility index (Phi) is 7.81. The molecule has 0 aliphatic carbocycles. The molecule has 2 heterocycles. The molecule has 0 radical (unpaired) electrons. The number of rotatable bonds is 7. The minimum atomic E-state index is -4.73. The Bertz CT molecular complexity index is 1120. The molecule has 148 valence electrons. The van der Waals surface area contributed by atoms with Gasteiger partial charge in [0.1, 0.15) is 5.76 Å². The van der Waals surface area contributed by atoms with Crippen molar-refractivity contribution in [3.05, 3.63) is 85.1 Å². The summed E-state index contributed by atoms with van der Waals surface area (Å²) >= 11 is 6.83.